The molecule has 2 aromatic carbocycles. The van der Waals surface area contributed by atoms with Gasteiger partial charge in [0.15, 0.2) is 0 Å². The summed E-state index contributed by atoms with van der Waals surface area (Å²) in [5.74, 6) is 0.688. The maximum atomic E-state index is 12.0. The van der Waals surface area contributed by atoms with E-state index in [-0.39, 0.29) is 17.9 Å². The number of ether oxygens (including phenoxy) is 1. The van der Waals surface area contributed by atoms with Crippen LogP contribution in [-0.2, 0) is 11.2 Å². The Labute approximate surface area is 143 Å². The van der Waals surface area contributed by atoms with Crippen molar-refractivity contribution < 1.29 is 14.6 Å². The molecule has 0 unspecified atom stereocenters. The molecule has 0 fully saturated rings. The average molecular weight is 327 g/mol. The van der Waals surface area contributed by atoms with Crippen molar-refractivity contribution in [3.8, 4) is 5.75 Å². The fraction of sp³-hybridized carbons (Fsp3) is 0.350. The average Bonchev–Trinajstić information content (AvgIpc) is 2.62. The molecule has 0 aliphatic rings. The van der Waals surface area contributed by atoms with Crippen LogP contribution in [0.15, 0.2) is 60.7 Å². The minimum atomic E-state index is -0.378. The molecule has 0 aliphatic heterocycles. The van der Waals surface area contributed by atoms with Crippen LogP contribution >= 0.6 is 0 Å². The lowest BCUT2D eigenvalue weighted by Crippen LogP contribution is -2.39. The van der Waals surface area contributed by atoms with Gasteiger partial charge in [-0.2, -0.15) is 0 Å². The molecule has 0 bridgehead atoms. The van der Waals surface area contributed by atoms with Crippen molar-refractivity contribution in [3.05, 3.63) is 66.2 Å². The molecule has 4 heteroatoms. The zero-order valence-corrected chi connectivity index (χ0v) is 14.1. The molecule has 0 aliphatic carbocycles. The molecule has 0 saturated heterocycles. The topological polar surface area (TPSA) is 58.6 Å². The van der Waals surface area contributed by atoms with E-state index >= 15 is 0 Å². The van der Waals surface area contributed by atoms with E-state index < -0.39 is 0 Å². The molecule has 2 aromatic rings. The largest absolute Gasteiger partial charge is 0.493 e. The van der Waals surface area contributed by atoms with Crippen molar-refractivity contribution in [2.24, 2.45) is 5.41 Å². The van der Waals surface area contributed by atoms with E-state index in [1.54, 1.807) is 0 Å². The second-order valence-corrected chi connectivity index (χ2v) is 6.32. The summed E-state index contributed by atoms with van der Waals surface area (Å²) in [6.45, 7) is 2.76. The summed E-state index contributed by atoms with van der Waals surface area (Å²) in [6.07, 6.45) is 1.01. The van der Waals surface area contributed by atoms with Crippen LogP contribution in [0.2, 0.25) is 0 Å². The summed E-state index contributed by atoms with van der Waals surface area (Å²) in [5, 5.41) is 12.6. The van der Waals surface area contributed by atoms with Crippen molar-refractivity contribution >= 4 is 5.91 Å². The number of rotatable bonds is 9. The van der Waals surface area contributed by atoms with Gasteiger partial charge in [-0.05, 0) is 24.1 Å². The van der Waals surface area contributed by atoms with Gasteiger partial charge in [0.2, 0.25) is 5.91 Å². The smallest absolute Gasteiger partial charge is 0.223 e. The molecule has 4 nitrogen and oxygen atoms in total. The molecule has 0 spiro atoms. The second-order valence-electron chi connectivity index (χ2n) is 6.32. The number of nitrogens with one attached hydrogen (secondary N) is 1. The van der Waals surface area contributed by atoms with Gasteiger partial charge in [0.25, 0.3) is 0 Å². The summed E-state index contributed by atoms with van der Waals surface area (Å²) < 4.78 is 5.52. The zero-order chi connectivity index (χ0) is 17.3. The Morgan fingerprint density at radius 3 is 2.33 bits per heavy atom. The third-order valence-electron chi connectivity index (χ3n) is 3.91. The Balaban J connectivity index is 1.74. The van der Waals surface area contributed by atoms with E-state index in [0.29, 0.717) is 26.0 Å². The Kier molecular flexibility index (Phi) is 6.82. The van der Waals surface area contributed by atoms with Gasteiger partial charge in [-0.1, -0.05) is 55.5 Å². The first kappa shape index (κ1) is 18.0. The SMILES string of the molecule is C[C@@](CO)(CNC(=O)CCOc1ccccc1)Cc1ccccc1. The molecule has 2 N–H and O–H groups in total. The Morgan fingerprint density at radius 1 is 1.08 bits per heavy atom. The van der Waals surface area contributed by atoms with E-state index in [1.807, 2.05) is 67.6 Å². The lowest BCUT2D eigenvalue weighted by atomic mass is 9.84. The number of benzene rings is 2. The quantitative estimate of drug-likeness (QED) is 0.744. The summed E-state index contributed by atoms with van der Waals surface area (Å²) in [4.78, 5) is 12.0. The van der Waals surface area contributed by atoms with Gasteiger partial charge in [0.1, 0.15) is 5.75 Å². The second kappa shape index (κ2) is 9.08. The lowest BCUT2D eigenvalue weighted by Gasteiger charge is -2.27. The molecule has 1 atom stereocenters. The van der Waals surface area contributed by atoms with Crippen molar-refractivity contribution in [1.29, 1.82) is 0 Å². The number of carbonyl (C=O) groups is 1. The third kappa shape index (κ3) is 6.05. The number of hydrogen-bond acceptors (Lipinski definition) is 3. The van der Waals surface area contributed by atoms with Gasteiger partial charge in [0.05, 0.1) is 19.6 Å². The van der Waals surface area contributed by atoms with E-state index in [0.717, 1.165) is 11.3 Å². The molecular formula is C20H25NO3. The Morgan fingerprint density at radius 2 is 1.71 bits per heavy atom. The first-order valence-electron chi connectivity index (χ1n) is 8.21. The van der Waals surface area contributed by atoms with Crippen molar-refractivity contribution in [3.63, 3.8) is 0 Å². The number of aliphatic hydroxyl groups excluding tert-OH is 1. The number of amides is 1. The number of carbonyl (C=O) groups excluding carboxylic acids is 1. The molecule has 0 saturated carbocycles. The normalized spacial score (nSPS) is 13.1. The summed E-state index contributed by atoms with van der Waals surface area (Å²) in [7, 11) is 0. The minimum Gasteiger partial charge on any atom is -0.493 e. The van der Waals surface area contributed by atoms with Crippen molar-refractivity contribution in [2.45, 2.75) is 19.8 Å². The molecule has 0 heterocycles. The number of hydrogen-bond donors (Lipinski definition) is 2. The van der Waals surface area contributed by atoms with Crippen molar-refractivity contribution in [2.75, 3.05) is 19.8 Å². The fourth-order valence-electron chi connectivity index (χ4n) is 2.44. The van der Waals surface area contributed by atoms with Crippen LogP contribution in [-0.4, -0.2) is 30.8 Å². The summed E-state index contributed by atoms with van der Waals surface area (Å²) >= 11 is 0. The van der Waals surface area contributed by atoms with Crippen LogP contribution < -0.4 is 10.1 Å². The van der Waals surface area contributed by atoms with Crippen LogP contribution in [0.25, 0.3) is 0 Å². The highest BCUT2D eigenvalue weighted by Crippen LogP contribution is 2.21. The monoisotopic (exact) mass is 327 g/mol. The maximum Gasteiger partial charge on any atom is 0.223 e. The first-order chi connectivity index (χ1) is 11.6. The molecule has 2 rings (SSSR count). The lowest BCUT2D eigenvalue weighted by molar-refractivity contribution is -0.122. The van der Waals surface area contributed by atoms with E-state index in [2.05, 4.69) is 5.32 Å². The van der Waals surface area contributed by atoms with Crippen molar-refractivity contribution in [1.82, 2.24) is 5.32 Å². The Hall–Kier alpha value is -2.33. The molecule has 24 heavy (non-hydrogen) atoms. The standard InChI is InChI=1S/C20H25NO3/c1-20(16-22,14-17-8-4-2-5-9-17)15-21-19(23)12-13-24-18-10-6-3-7-11-18/h2-11,22H,12-16H2,1H3,(H,21,23)/t20-/m0/s1. The molecule has 128 valence electrons. The molecule has 0 aromatic heterocycles. The van der Waals surface area contributed by atoms with Gasteiger partial charge in [-0.25, -0.2) is 0 Å². The first-order valence-corrected chi connectivity index (χ1v) is 8.21. The molecular weight excluding hydrogens is 302 g/mol. The van der Waals surface area contributed by atoms with Gasteiger partial charge >= 0.3 is 0 Å². The minimum absolute atomic E-state index is 0.0166. The fourth-order valence-corrected chi connectivity index (χ4v) is 2.44. The zero-order valence-electron chi connectivity index (χ0n) is 14.1. The molecule has 1 amide bonds. The highest BCUT2D eigenvalue weighted by atomic mass is 16.5. The van der Waals surface area contributed by atoms with Crippen LogP contribution in [0.4, 0.5) is 0 Å². The summed E-state index contributed by atoms with van der Waals surface area (Å²) in [5.41, 5.74) is 0.771. The van der Waals surface area contributed by atoms with E-state index in [9.17, 15) is 9.90 Å². The maximum absolute atomic E-state index is 12.0. The third-order valence-corrected chi connectivity index (χ3v) is 3.91. The predicted molar refractivity (Wildman–Crippen MR) is 94.9 cm³/mol. The van der Waals surface area contributed by atoms with E-state index in [1.165, 1.54) is 0 Å². The van der Waals surface area contributed by atoms with Gasteiger partial charge in [-0.15, -0.1) is 0 Å². The predicted octanol–water partition coefficient (Wildman–Crippen LogP) is 2.81. The van der Waals surface area contributed by atoms with Crippen LogP contribution in [0.1, 0.15) is 18.9 Å². The Bertz CT molecular complexity index is 615. The van der Waals surface area contributed by atoms with Gasteiger partial charge < -0.3 is 15.2 Å². The highest BCUT2D eigenvalue weighted by molar-refractivity contribution is 5.76. The summed E-state index contributed by atoms with van der Waals surface area (Å²) in [6, 6.07) is 19.4. The van der Waals surface area contributed by atoms with Gasteiger partial charge in [-0.3, -0.25) is 4.79 Å². The van der Waals surface area contributed by atoms with Crippen LogP contribution in [0.5, 0.6) is 5.75 Å². The van der Waals surface area contributed by atoms with Crippen LogP contribution in [0, 0.1) is 5.41 Å². The molecule has 0 radical (unpaired) electrons. The van der Waals surface area contributed by atoms with Gasteiger partial charge in [0, 0.05) is 12.0 Å². The number of aliphatic hydroxyl groups is 1. The highest BCUT2D eigenvalue weighted by Gasteiger charge is 2.24. The van der Waals surface area contributed by atoms with E-state index in [4.69, 9.17) is 4.74 Å². The van der Waals surface area contributed by atoms with Crippen LogP contribution in [0.3, 0.4) is 0 Å². The number of para-hydroxylation sites is 1.